The highest BCUT2D eigenvalue weighted by atomic mass is 127. The van der Waals surface area contributed by atoms with Gasteiger partial charge in [0.15, 0.2) is 0 Å². The Bertz CT molecular complexity index is 244. The third-order valence-corrected chi connectivity index (χ3v) is 2.68. The monoisotopic (exact) mass is 310 g/mol. The Morgan fingerprint density at radius 1 is 1.71 bits per heavy atom. The molecule has 0 spiro atoms. The molecular weight excluding hydrogens is 295 g/mol. The van der Waals surface area contributed by atoms with Crippen molar-refractivity contribution in [3.63, 3.8) is 0 Å². The average molecular weight is 310 g/mol. The molecule has 0 bridgehead atoms. The molecular formula is C10H15IO3. The van der Waals surface area contributed by atoms with Crippen LogP contribution in [0.2, 0.25) is 0 Å². The Morgan fingerprint density at radius 3 is 2.71 bits per heavy atom. The molecule has 0 aromatic carbocycles. The summed E-state index contributed by atoms with van der Waals surface area (Å²) in [5.41, 5.74) is 1.47. The number of carbonyl (C=O) groups excluding carboxylic acids is 1. The molecule has 0 aliphatic carbocycles. The van der Waals surface area contributed by atoms with E-state index in [4.69, 9.17) is 9.84 Å². The molecule has 1 unspecified atom stereocenters. The van der Waals surface area contributed by atoms with Crippen molar-refractivity contribution in [2.24, 2.45) is 0 Å². The maximum Gasteiger partial charge on any atom is 0.310 e. The fourth-order valence-electron chi connectivity index (χ4n) is 0.611. The fraction of sp³-hybridized carbons (Fsp3) is 0.500. The molecule has 0 rings (SSSR count). The molecule has 0 aliphatic rings. The van der Waals surface area contributed by atoms with Gasteiger partial charge < -0.3 is 9.84 Å². The minimum atomic E-state index is -0.635. The van der Waals surface area contributed by atoms with Crippen LogP contribution in [0.4, 0.5) is 0 Å². The highest BCUT2D eigenvalue weighted by Crippen LogP contribution is 2.06. The molecule has 0 fully saturated rings. The van der Waals surface area contributed by atoms with Gasteiger partial charge in [-0.05, 0) is 23.5 Å². The van der Waals surface area contributed by atoms with Gasteiger partial charge >= 0.3 is 5.97 Å². The first-order valence-electron chi connectivity index (χ1n) is 4.24. The lowest BCUT2D eigenvalue weighted by Gasteiger charge is -2.09. The van der Waals surface area contributed by atoms with Crippen LogP contribution in [-0.4, -0.2) is 23.8 Å². The highest BCUT2D eigenvalue weighted by Gasteiger charge is 2.07. The number of halogens is 1. The molecule has 1 N–H and O–H groups in total. The van der Waals surface area contributed by atoms with Crippen LogP contribution in [0, 0.1) is 0 Å². The first kappa shape index (κ1) is 13.6. The number of rotatable bonds is 5. The predicted molar refractivity (Wildman–Crippen MR) is 64.2 cm³/mol. The summed E-state index contributed by atoms with van der Waals surface area (Å²) in [6, 6.07) is 0. The van der Waals surface area contributed by atoms with Crippen LogP contribution >= 0.6 is 22.6 Å². The Kier molecular flexibility index (Phi) is 6.82. The van der Waals surface area contributed by atoms with Crippen LogP contribution in [0.3, 0.4) is 0 Å². The minimum Gasteiger partial charge on any atom is -0.461 e. The number of aliphatic hydroxyl groups excluding tert-OH is 1. The standard InChI is InChI=1S/C10H15IO3/c1-7(5-11)4-10(13)14-6-8(2)9(3)12/h5,9,12H,2,4,6H2,1,3H3/b7-5+. The topological polar surface area (TPSA) is 46.5 Å². The average Bonchev–Trinajstić information content (AvgIpc) is 2.13. The number of esters is 1. The van der Waals surface area contributed by atoms with Crippen LogP contribution < -0.4 is 0 Å². The summed E-state index contributed by atoms with van der Waals surface area (Å²) in [6.07, 6.45) is -0.347. The van der Waals surface area contributed by atoms with E-state index in [2.05, 4.69) is 29.2 Å². The summed E-state index contributed by atoms with van der Waals surface area (Å²) in [4.78, 5) is 11.2. The fourth-order valence-corrected chi connectivity index (χ4v) is 0.831. The second-order valence-corrected chi connectivity index (χ2v) is 3.75. The molecule has 0 saturated carbocycles. The van der Waals surface area contributed by atoms with Gasteiger partial charge in [-0.1, -0.05) is 34.7 Å². The molecule has 0 heterocycles. The zero-order valence-electron chi connectivity index (χ0n) is 8.42. The maximum atomic E-state index is 11.2. The number of hydrogen-bond donors (Lipinski definition) is 1. The van der Waals surface area contributed by atoms with Crippen molar-refractivity contribution in [1.82, 2.24) is 0 Å². The second-order valence-electron chi connectivity index (χ2n) is 3.13. The SMILES string of the molecule is C=C(COC(=O)C/C(C)=C/I)C(C)O. The van der Waals surface area contributed by atoms with E-state index >= 15 is 0 Å². The molecule has 0 aromatic heterocycles. The third kappa shape index (κ3) is 6.15. The van der Waals surface area contributed by atoms with Crippen LogP contribution in [0.1, 0.15) is 20.3 Å². The Hall–Kier alpha value is -0.360. The zero-order valence-corrected chi connectivity index (χ0v) is 10.6. The quantitative estimate of drug-likeness (QED) is 0.481. The lowest BCUT2D eigenvalue weighted by Crippen LogP contribution is -2.13. The van der Waals surface area contributed by atoms with E-state index in [0.717, 1.165) is 5.57 Å². The van der Waals surface area contributed by atoms with Crippen molar-refractivity contribution in [1.29, 1.82) is 0 Å². The van der Waals surface area contributed by atoms with Gasteiger partial charge in [0, 0.05) is 0 Å². The number of aliphatic hydroxyl groups is 1. The minimum absolute atomic E-state index is 0.0883. The first-order chi connectivity index (χ1) is 6.47. The number of carbonyl (C=O) groups is 1. The van der Waals surface area contributed by atoms with Crippen LogP contribution in [0.25, 0.3) is 0 Å². The van der Waals surface area contributed by atoms with Gasteiger partial charge in [-0.15, -0.1) is 0 Å². The number of ether oxygens (including phenoxy) is 1. The predicted octanol–water partition coefficient (Wildman–Crippen LogP) is 2.20. The highest BCUT2D eigenvalue weighted by molar-refractivity contribution is 14.1. The van der Waals surface area contributed by atoms with Gasteiger partial charge in [-0.3, -0.25) is 4.79 Å². The van der Waals surface area contributed by atoms with E-state index in [0.29, 0.717) is 5.57 Å². The van der Waals surface area contributed by atoms with Crippen molar-refractivity contribution in [3.05, 3.63) is 21.8 Å². The van der Waals surface area contributed by atoms with Crippen molar-refractivity contribution < 1.29 is 14.6 Å². The molecule has 3 nitrogen and oxygen atoms in total. The molecule has 0 saturated heterocycles. The van der Waals surface area contributed by atoms with Crippen molar-refractivity contribution in [2.45, 2.75) is 26.4 Å². The van der Waals surface area contributed by atoms with Crippen molar-refractivity contribution in [3.8, 4) is 0 Å². The van der Waals surface area contributed by atoms with Gasteiger partial charge in [-0.25, -0.2) is 0 Å². The van der Waals surface area contributed by atoms with Gasteiger partial charge in [0.2, 0.25) is 0 Å². The lowest BCUT2D eigenvalue weighted by atomic mass is 10.2. The first-order valence-corrected chi connectivity index (χ1v) is 5.49. The maximum absolute atomic E-state index is 11.2. The molecule has 0 aliphatic heterocycles. The molecule has 4 heteroatoms. The summed E-state index contributed by atoms with van der Waals surface area (Å²) in [5.74, 6) is -0.294. The summed E-state index contributed by atoms with van der Waals surface area (Å²) in [6.45, 7) is 7.12. The van der Waals surface area contributed by atoms with Gasteiger partial charge in [0.1, 0.15) is 6.61 Å². The zero-order chi connectivity index (χ0) is 11.1. The molecule has 14 heavy (non-hydrogen) atoms. The second kappa shape index (κ2) is 7.00. The molecule has 0 amide bonds. The molecule has 0 aromatic rings. The van der Waals surface area contributed by atoms with E-state index in [9.17, 15) is 4.79 Å². The summed E-state index contributed by atoms with van der Waals surface area (Å²) >= 11 is 2.07. The Labute approximate surface area is 98.0 Å². The molecule has 1 atom stereocenters. The summed E-state index contributed by atoms with van der Waals surface area (Å²) in [7, 11) is 0. The number of hydrogen-bond acceptors (Lipinski definition) is 3. The van der Waals surface area contributed by atoms with E-state index in [-0.39, 0.29) is 19.0 Å². The van der Waals surface area contributed by atoms with Crippen LogP contribution in [-0.2, 0) is 9.53 Å². The van der Waals surface area contributed by atoms with Gasteiger partial charge in [0.05, 0.1) is 12.5 Å². The molecule has 0 radical (unpaired) electrons. The van der Waals surface area contributed by atoms with E-state index in [1.165, 1.54) is 0 Å². The third-order valence-electron chi connectivity index (χ3n) is 1.62. The largest absolute Gasteiger partial charge is 0.461 e. The van der Waals surface area contributed by atoms with Gasteiger partial charge in [0.25, 0.3) is 0 Å². The Balaban J connectivity index is 3.81. The Morgan fingerprint density at radius 2 is 2.29 bits per heavy atom. The smallest absolute Gasteiger partial charge is 0.310 e. The van der Waals surface area contributed by atoms with Crippen LogP contribution in [0.5, 0.6) is 0 Å². The lowest BCUT2D eigenvalue weighted by molar-refractivity contribution is -0.142. The van der Waals surface area contributed by atoms with E-state index in [1.54, 1.807) is 6.92 Å². The van der Waals surface area contributed by atoms with E-state index < -0.39 is 6.10 Å². The van der Waals surface area contributed by atoms with Gasteiger partial charge in [-0.2, -0.15) is 0 Å². The summed E-state index contributed by atoms with van der Waals surface area (Å²) < 4.78 is 6.73. The molecule has 80 valence electrons. The van der Waals surface area contributed by atoms with Crippen molar-refractivity contribution >= 4 is 28.6 Å². The van der Waals surface area contributed by atoms with E-state index in [1.807, 2.05) is 11.0 Å². The normalized spacial score (nSPS) is 13.6. The van der Waals surface area contributed by atoms with Crippen molar-refractivity contribution in [2.75, 3.05) is 6.61 Å². The summed E-state index contributed by atoms with van der Waals surface area (Å²) in [5, 5.41) is 9.06. The van der Waals surface area contributed by atoms with Crippen LogP contribution in [0.15, 0.2) is 21.8 Å².